The molecule has 0 radical (unpaired) electrons. The number of aromatic nitrogens is 1. The highest BCUT2D eigenvalue weighted by atomic mass is 16.2. The van der Waals surface area contributed by atoms with Gasteiger partial charge in [0.15, 0.2) is 0 Å². The van der Waals surface area contributed by atoms with Gasteiger partial charge in [-0.05, 0) is 37.3 Å². The molecule has 0 aliphatic carbocycles. The van der Waals surface area contributed by atoms with E-state index in [-0.39, 0.29) is 5.91 Å². The number of carbonyl (C=O) groups excluding carboxylic acids is 1. The number of carbonyl (C=O) groups is 1. The number of amides is 1. The minimum atomic E-state index is 0.266. The van der Waals surface area contributed by atoms with Crippen LogP contribution in [0.2, 0.25) is 0 Å². The van der Waals surface area contributed by atoms with E-state index in [4.69, 9.17) is 0 Å². The normalized spacial score (nSPS) is 15.9. The Hall–Kier alpha value is -1.77. The van der Waals surface area contributed by atoms with Crippen LogP contribution >= 0.6 is 0 Å². The summed E-state index contributed by atoms with van der Waals surface area (Å²) in [6.45, 7) is 3.95. The van der Waals surface area contributed by atoms with Crippen LogP contribution in [0.1, 0.15) is 30.4 Å². The predicted molar refractivity (Wildman–Crippen MR) is 77.2 cm³/mol. The maximum atomic E-state index is 12.3. The van der Waals surface area contributed by atoms with Crippen LogP contribution in [0.3, 0.4) is 0 Å². The number of aromatic amines is 1. The summed E-state index contributed by atoms with van der Waals surface area (Å²) in [6, 6.07) is 6.24. The average Bonchev–Trinajstić information content (AvgIpc) is 2.84. The third-order valence-electron chi connectivity index (χ3n) is 4.06. The second-order valence-corrected chi connectivity index (χ2v) is 5.43. The van der Waals surface area contributed by atoms with Crippen LogP contribution in [-0.2, 0) is 11.2 Å². The fourth-order valence-corrected chi connectivity index (χ4v) is 2.93. The van der Waals surface area contributed by atoms with Crippen molar-refractivity contribution in [3.8, 4) is 0 Å². The Kier molecular flexibility index (Phi) is 3.28. The number of rotatable bonds is 2. The SMILES string of the molecule is Cc1cccc2c(CC(=O)N3CCCCC3)c[nH]c12. The monoisotopic (exact) mass is 256 g/mol. The molecule has 1 aromatic carbocycles. The fraction of sp³-hybridized carbons (Fsp3) is 0.438. The van der Waals surface area contributed by atoms with Gasteiger partial charge in [0.2, 0.25) is 5.91 Å². The second-order valence-electron chi connectivity index (χ2n) is 5.43. The summed E-state index contributed by atoms with van der Waals surface area (Å²) < 4.78 is 0. The smallest absolute Gasteiger partial charge is 0.227 e. The highest BCUT2D eigenvalue weighted by Crippen LogP contribution is 2.22. The molecule has 2 aromatic rings. The standard InChI is InChI=1S/C16H20N2O/c1-12-6-5-7-14-13(11-17-16(12)14)10-15(19)18-8-3-2-4-9-18/h5-7,11,17H,2-4,8-10H2,1H3. The number of aryl methyl sites for hydroxylation is 1. The van der Waals surface area contributed by atoms with Crippen molar-refractivity contribution in [3.63, 3.8) is 0 Å². The van der Waals surface area contributed by atoms with Gasteiger partial charge in [0.05, 0.1) is 6.42 Å². The third-order valence-corrected chi connectivity index (χ3v) is 4.06. The van der Waals surface area contributed by atoms with E-state index in [1.165, 1.54) is 17.4 Å². The van der Waals surface area contributed by atoms with E-state index in [0.29, 0.717) is 6.42 Å². The minimum Gasteiger partial charge on any atom is -0.361 e. The molecular formula is C16H20N2O. The number of piperidine rings is 1. The lowest BCUT2D eigenvalue weighted by Gasteiger charge is -2.26. The molecule has 1 aromatic heterocycles. The zero-order chi connectivity index (χ0) is 13.2. The van der Waals surface area contributed by atoms with Crippen molar-refractivity contribution in [1.82, 2.24) is 9.88 Å². The van der Waals surface area contributed by atoms with Crippen LogP contribution in [0.25, 0.3) is 10.9 Å². The van der Waals surface area contributed by atoms with E-state index in [2.05, 4.69) is 30.1 Å². The Labute approximate surface area is 113 Å². The van der Waals surface area contributed by atoms with E-state index in [1.54, 1.807) is 0 Å². The summed E-state index contributed by atoms with van der Waals surface area (Å²) >= 11 is 0. The Bertz CT molecular complexity index is 594. The largest absolute Gasteiger partial charge is 0.361 e. The number of hydrogen-bond acceptors (Lipinski definition) is 1. The molecule has 0 atom stereocenters. The maximum Gasteiger partial charge on any atom is 0.227 e. The maximum absolute atomic E-state index is 12.3. The number of nitrogens with one attached hydrogen (secondary N) is 1. The van der Waals surface area contributed by atoms with Crippen molar-refractivity contribution in [2.75, 3.05) is 13.1 Å². The van der Waals surface area contributed by atoms with Crippen molar-refractivity contribution in [2.45, 2.75) is 32.6 Å². The molecule has 3 rings (SSSR count). The van der Waals surface area contributed by atoms with E-state index in [9.17, 15) is 4.79 Å². The molecule has 0 bridgehead atoms. The van der Waals surface area contributed by atoms with Gasteiger partial charge < -0.3 is 9.88 Å². The molecule has 0 saturated carbocycles. The molecular weight excluding hydrogens is 236 g/mol. The number of H-pyrrole nitrogens is 1. The molecule has 1 saturated heterocycles. The van der Waals surface area contributed by atoms with E-state index in [0.717, 1.165) is 37.0 Å². The highest BCUT2D eigenvalue weighted by molar-refractivity contribution is 5.90. The number of likely N-dealkylation sites (tertiary alicyclic amines) is 1. The molecule has 0 unspecified atom stereocenters. The van der Waals surface area contributed by atoms with Gasteiger partial charge in [0, 0.05) is 30.2 Å². The van der Waals surface area contributed by atoms with Gasteiger partial charge in [0.1, 0.15) is 0 Å². The number of hydrogen-bond donors (Lipinski definition) is 1. The van der Waals surface area contributed by atoms with Gasteiger partial charge in [-0.15, -0.1) is 0 Å². The van der Waals surface area contributed by atoms with Gasteiger partial charge in [-0.3, -0.25) is 4.79 Å². The number of para-hydroxylation sites is 1. The third kappa shape index (κ3) is 2.37. The Morgan fingerprint density at radius 1 is 1.26 bits per heavy atom. The van der Waals surface area contributed by atoms with E-state index >= 15 is 0 Å². The molecule has 3 nitrogen and oxygen atoms in total. The zero-order valence-corrected chi connectivity index (χ0v) is 11.4. The summed E-state index contributed by atoms with van der Waals surface area (Å²) in [5.41, 5.74) is 3.51. The van der Waals surface area contributed by atoms with Crippen LogP contribution in [0.15, 0.2) is 24.4 Å². The zero-order valence-electron chi connectivity index (χ0n) is 11.4. The Morgan fingerprint density at radius 2 is 2.05 bits per heavy atom. The summed E-state index contributed by atoms with van der Waals surface area (Å²) in [6.07, 6.45) is 6.07. The summed E-state index contributed by atoms with van der Waals surface area (Å²) in [5, 5.41) is 1.19. The van der Waals surface area contributed by atoms with E-state index < -0.39 is 0 Å². The van der Waals surface area contributed by atoms with Crippen LogP contribution in [0.4, 0.5) is 0 Å². The quantitative estimate of drug-likeness (QED) is 0.881. The highest BCUT2D eigenvalue weighted by Gasteiger charge is 2.18. The van der Waals surface area contributed by atoms with Crippen molar-refractivity contribution in [2.24, 2.45) is 0 Å². The van der Waals surface area contributed by atoms with Gasteiger partial charge >= 0.3 is 0 Å². The Morgan fingerprint density at radius 3 is 2.84 bits per heavy atom. The number of nitrogens with zero attached hydrogens (tertiary/aromatic N) is 1. The molecule has 1 aliphatic rings. The topological polar surface area (TPSA) is 36.1 Å². The molecule has 1 N–H and O–H groups in total. The first kappa shape index (κ1) is 12.3. The van der Waals surface area contributed by atoms with Crippen LogP contribution in [0.5, 0.6) is 0 Å². The van der Waals surface area contributed by atoms with E-state index in [1.807, 2.05) is 11.1 Å². The predicted octanol–water partition coefficient (Wildman–Crippen LogP) is 3.03. The lowest BCUT2D eigenvalue weighted by molar-refractivity contribution is -0.131. The fourth-order valence-electron chi connectivity index (χ4n) is 2.93. The van der Waals surface area contributed by atoms with Crippen molar-refractivity contribution < 1.29 is 4.79 Å². The number of fused-ring (bicyclic) bond motifs is 1. The van der Waals surface area contributed by atoms with Crippen molar-refractivity contribution in [1.29, 1.82) is 0 Å². The molecule has 1 amide bonds. The van der Waals surface area contributed by atoms with Gasteiger partial charge in [-0.2, -0.15) is 0 Å². The summed E-state index contributed by atoms with van der Waals surface area (Å²) in [5.74, 6) is 0.266. The van der Waals surface area contributed by atoms with Crippen LogP contribution in [-0.4, -0.2) is 28.9 Å². The lowest BCUT2D eigenvalue weighted by atomic mass is 10.1. The lowest BCUT2D eigenvalue weighted by Crippen LogP contribution is -2.36. The van der Waals surface area contributed by atoms with Crippen LogP contribution < -0.4 is 0 Å². The van der Waals surface area contributed by atoms with Crippen molar-refractivity contribution in [3.05, 3.63) is 35.5 Å². The summed E-state index contributed by atoms with van der Waals surface area (Å²) in [4.78, 5) is 17.6. The van der Waals surface area contributed by atoms with Gasteiger partial charge in [-0.1, -0.05) is 18.2 Å². The average molecular weight is 256 g/mol. The molecule has 2 heterocycles. The molecule has 1 fully saturated rings. The minimum absolute atomic E-state index is 0.266. The Balaban J connectivity index is 1.81. The first-order valence-electron chi connectivity index (χ1n) is 7.09. The first-order chi connectivity index (χ1) is 9.25. The second kappa shape index (κ2) is 5.08. The first-order valence-corrected chi connectivity index (χ1v) is 7.09. The van der Waals surface area contributed by atoms with Crippen molar-refractivity contribution >= 4 is 16.8 Å². The molecule has 1 aliphatic heterocycles. The molecule has 3 heteroatoms. The summed E-state index contributed by atoms with van der Waals surface area (Å²) in [7, 11) is 0. The molecule has 100 valence electrons. The van der Waals surface area contributed by atoms with Gasteiger partial charge in [0.25, 0.3) is 0 Å². The number of benzene rings is 1. The molecule has 0 spiro atoms. The van der Waals surface area contributed by atoms with Crippen LogP contribution in [0, 0.1) is 6.92 Å². The molecule has 19 heavy (non-hydrogen) atoms. The van der Waals surface area contributed by atoms with Gasteiger partial charge in [-0.25, -0.2) is 0 Å².